The molecule has 0 saturated carbocycles. The summed E-state index contributed by atoms with van der Waals surface area (Å²) in [6.07, 6.45) is 0. The lowest BCUT2D eigenvalue weighted by atomic mass is 10.2. The lowest BCUT2D eigenvalue weighted by Crippen LogP contribution is -2.33. The zero-order valence-electron chi connectivity index (χ0n) is 13.5. The first-order valence-electron chi connectivity index (χ1n) is 7.65. The quantitative estimate of drug-likeness (QED) is 0.751. The van der Waals surface area contributed by atoms with Gasteiger partial charge in [-0.1, -0.05) is 47.1 Å². The van der Waals surface area contributed by atoms with Crippen molar-refractivity contribution >= 4 is 46.0 Å². The smallest absolute Gasteiger partial charge is 0.263 e. The average molecular weight is 395 g/mol. The highest BCUT2D eigenvalue weighted by Gasteiger charge is 2.27. The third-order valence-corrected chi connectivity index (χ3v) is 5.25. The highest BCUT2D eigenvalue weighted by atomic mass is 35.5. The van der Waals surface area contributed by atoms with E-state index in [1.807, 2.05) is 24.3 Å². The van der Waals surface area contributed by atoms with Crippen LogP contribution < -0.4 is 4.74 Å². The predicted octanol–water partition coefficient (Wildman–Crippen LogP) is 4.75. The van der Waals surface area contributed by atoms with Crippen LogP contribution in [0.3, 0.4) is 0 Å². The van der Waals surface area contributed by atoms with Gasteiger partial charge in [0, 0.05) is 22.3 Å². The topological polar surface area (TPSA) is 41.9 Å². The number of amides is 1. The van der Waals surface area contributed by atoms with Crippen LogP contribution in [0, 0.1) is 0 Å². The van der Waals surface area contributed by atoms with Crippen molar-refractivity contribution in [1.29, 1.82) is 0 Å². The molecule has 25 heavy (non-hydrogen) atoms. The van der Waals surface area contributed by atoms with E-state index >= 15 is 0 Å². The SMILES string of the molecule is COc1ccc(Cl)cc1C(=O)N1CCN=C1SCc1cccc(Cl)c1. The highest BCUT2D eigenvalue weighted by molar-refractivity contribution is 8.13. The maximum atomic E-state index is 12.9. The summed E-state index contributed by atoms with van der Waals surface area (Å²) in [5.41, 5.74) is 1.52. The van der Waals surface area contributed by atoms with E-state index in [1.165, 1.54) is 18.9 Å². The van der Waals surface area contributed by atoms with Crippen LogP contribution in [0.25, 0.3) is 0 Å². The number of aliphatic imine (C=N–C) groups is 1. The third-order valence-electron chi connectivity index (χ3n) is 3.70. The third kappa shape index (κ3) is 4.29. The molecule has 1 aliphatic heterocycles. The number of carbonyl (C=O) groups is 1. The summed E-state index contributed by atoms with van der Waals surface area (Å²) in [5, 5.41) is 1.89. The molecule has 7 heteroatoms. The van der Waals surface area contributed by atoms with Gasteiger partial charge in [-0.05, 0) is 35.9 Å². The van der Waals surface area contributed by atoms with E-state index < -0.39 is 0 Å². The first-order valence-corrected chi connectivity index (χ1v) is 9.40. The predicted molar refractivity (Wildman–Crippen MR) is 104 cm³/mol. The molecule has 1 amide bonds. The zero-order valence-corrected chi connectivity index (χ0v) is 15.9. The van der Waals surface area contributed by atoms with Gasteiger partial charge in [0.2, 0.25) is 0 Å². The number of ether oxygens (including phenoxy) is 1. The van der Waals surface area contributed by atoms with Crippen LogP contribution in [0.15, 0.2) is 47.5 Å². The van der Waals surface area contributed by atoms with Gasteiger partial charge >= 0.3 is 0 Å². The number of benzene rings is 2. The van der Waals surface area contributed by atoms with Gasteiger partial charge in [-0.2, -0.15) is 0 Å². The molecule has 0 radical (unpaired) electrons. The Morgan fingerprint density at radius 3 is 2.80 bits per heavy atom. The maximum absolute atomic E-state index is 12.9. The van der Waals surface area contributed by atoms with E-state index in [-0.39, 0.29) is 5.91 Å². The summed E-state index contributed by atoms with van der Waals surface area (Å²) >= 11 is 13.6. The van der Waals surface area contributed by atoms with E-state index in [0.29, 0.717) is 45.4 Å². The molecule has 4 nitrogen and oxygen atoms in total. The number of nitrogens with zero attached hydrogens (tertiary/aromatic N) is 2. The molecule has 0 saturated heterocycles. The Bertz CT molecular complexity index is 826. The van der Waals surface area contributed by atoms with Crippen molar-refractivity contribution in [2.24, 2.45) is 4.99 Å². The lowest BCUT2D eigenvalue weighted by molar-refractivity contribution is 0.0857. The number of halogens is 2. The van der Waals surface area contributed by atoms with E-state index in [1.54, 1.807) is 23.1 Å². The standard InChI is InChI=1S/C18H16Cl2N2O2S/c1-24-16-6-5-14(20)10-15(16)17(23)22-8-7-21-18(22)25-11-12-3-2-4-13(19)9-12/h2-6,9-10H,7-8,11H2,1H3. The molecule has 0 spiro atoms. The Morgan fingerprint density at radius 1 is 1.24 bits per heavy atom. The summed E-state index contributed by atoms with van der Waals surface area (Å²) in [6, 6.07) is 12.7. The van der Waals surface area contributed by atoms with Crippen LogP contribution in [0.1, 0.15) is 15.9 Å². The van der Waals surface area contributed by atoms with Crippen molar-refractivity contribution < 1.29 is 9.53 Å². The monoisotopic (exact) mass is 394 g/mol. The highest BCUT2D eigenvalue weighted by Crippen LogP contribution is 2.27. The van der Waals surface area contributed by atoms with Crippen molar-refractivity contribution in [2.45, 2.75) is 5.75 Å². The Morgan fingerprint density at radius 2 is 2.04 bits per heavy atom. The Balaban J connectivity index is 1.75. The van der Waals surface area contributed by atoms with Gasteiger partial charge in [0.25, 0.3) is 5.91 Å². The fourth-order valence-electron chi connectivity index (χ4n) is 2.51. The molecular weight excluding hydrogens is 379 g/mol. The van der Waals surface area contributed by atoms with Crippen LogP contribution in [-0.4, -0.2) is 36.2 Å². The number of amidine groups is 1. The van der Waals surface area contributed by atoms with Gasteiger partial charge in [-0.15, -0.1) is 0 Å². The average Bonchev–Trinajstić information content (AvgIpc) is 3.08. The zero-order chi connectivity index (χ0) is 17.8. The molecule has 3 rings (SSSR count). The molecule has 130 valence electrons. The van der Waals surface area contributed by atoms with Gasteiger partial charge in [0.15, 0.2) is 5.17 Å². The minimum absolute atomic E-state index is 0.158. The fourth-order valence-corrected chi connectivity index (χ4v) is 3.88. The molecule has 2 aromatic carbocycles. The second-order valence-electron chi connectivity index (χ2n) is 5.38. The van der Waals surface area contributed by atoms with Gasteiger partial charge in [0.05, 0.1) is 19.2 Å². The number of methoxy groups -OCH3 is 1. The second kappa shape index (κ2) is 8.13. The first kappa shape index (κ1) is 18.1. The van der Waals surface area contributed by atoms with Crippen LogP contribution >= 0.6 is 35.0 Å². The number of hydrogen-bond acceptors (Lipinski definition) is 4. The van der Waals surface area contributed by atoms with Gasteiger partial charge < -0.3 is 4.74 Å². The lowest BCUT2D eigenvalue weighted by Gasteiger charge is -2.19. The van der Waals surface area contributed by atoms with Crippen molar-refractivity contribution in [3.05, 3.63) is 63.6 Å². The van der Waals surface area contributed by atoms with Gasteiger partial charge in [-0.25, -0.2) is 0 Å². The van der Waals surface area contributed by atoms with Crippen LogP contribution in [-0.2, 0) is 5.75 Å². The molecule has 0 aliphatic carbocycles. The molecule has 1 heterocycles. The van der Waals surface area contributed by atoms with E-state index in [0.717, 1.165) is 5.56 Å². The second-order valence-corrected chi connectivity index (χ2v) is 7.20. The van der Waals surface area contributed by atoms with E-state index in [9.17, 15) is 4.79 Å². The molecule has 1 aliphatic rings. The maximum Gasteiger partial charge on any atom is 0.263 e. The molecule has 0 N–H and O–H groups in total. The summed E-state index contributed by atoms with van der Waals surface area (Å²) in [7, 11) is 1.53. The van der Waals surface area contributed by atoms with E-state index in [4.69, 9.17) is 27.9 Å². The molecule has 0 bridgehead atoms. The normalized spacial score (nSPS) is 13.7. The van der Waals surface area contributed by atoms with Gasteiger partial charge in [0.1, 0.15) is 5.75 Å². The number of hydrogen-bond donors (Lipinski definition) is 0. The minimum atomic E-state index is -0.158. The summed E-state index contributed by atoms with van der Waals surface area (Å²) in [4.78, 5) is 19.1. The minimum Gasteiger partial charge on any atom is -0.496 e. The van der Waals surface area contributed by atoms with Crippen molar-refractivity contribution in [2.75, 3.05) is 20.2 Å². The molecule has 0 atom stereocenters. The molecule has 0 fully saturated rings. The molecule has 2 aromatic rings. The van der Waals surface area contributed by atoms with Crippen molar-refractivity contribution in [3.63, 3.8) is 0 Å². The summed E-state index contributed by atoms with van der Waals surface area (Å²) in [6.45, 7) is 1.14. The Hall–Kier alpha value is -1.69. The molecular formula is C18H16Cl2N2O2S. The van der Waals surface area contributed by atoms with Crippen LogP contribution in [0.5, 0.6) is 5.75 Å². The summed E-state index contributed by atoms with van der Waals surface area (Å²) < 4.78 is 5.29. The molecule has 0 aromatic heterocycles. The largest absolute Gasteiger partial charge is 0.496 e. The first-order chi connectivity index (χ1) is 12.1. The van der Waals surface area contributed by atoms with Crippen LogP contribution in [0.4, 0.5) is 0 Å². The molecule has 0 unspecified atom stereocenters. The van der Waals surface area contributed by atoms with E-state index in [2.05, 4.69) is 4.99 Å². The Kier molecular flexibility index (Phi) is 5.89. The van der Waals surface area contributed by atoms with Crippen molar-refractivity contribution in [1.82, 2.24) is 4.90 Å². The number of carbonyl (C=O) groups excluding carboxylic acids is 1. The Labute approximate surface area is 160 Å². The number of rotatable bonds is 4. The van der Waals surface area contributed by atoms with Gasteiger partial charge in [-0.3, -0.25) is 14.7 Å². The summed E-state index contributed by atoms with van der Waals surface area (Å²) in [5.74, 6) is 1.03. The van der Waals surface area contributed by atoms with Crippen LogP contribution in [0.2, 0.25) is 10.0 Å². The fraction of sp³-hybridized carbons (Fsp3) is 0.222. The van der Waals surface area contributed by atoms with Crippen molar-refractivity contribution in [3.8, 4) is 5.75 Å². The number of thioether (sulfide) groups is 1.